The molecule has 0 saturated heterocycles. The van der Waals surface area contributed by atoms with Crippen molar-refractivity contribution in [2.24, 2.45) is 14.1 Å². The number of nitrogens with zero attached hydrogens (tertiary/aromatic N) is 4. The van der Waals surface area contributed by atoms with Gasteiger partial charge in [0.05, 0.1) is 0 Å². The van der Waals surface area contributed by atoms with E-state index in [2.05, 4.69) is 39.9 Å². The Morgan fingerprint density at radius 3 is 2.80 bits per heavy atom. The van der Waals surface area contributed by atoms with E-state index in [1.165, 1.54) is 5.56 Å². The van der Waals surface area contributed by atoms with Crippen LogP contribution in [0, 0.1) is 0 Å². The second-order valence-electron chi connectivity index (χ2n) is 4.89. The van der Waals surface area contributed by atoms with Crippen molar-refractivity contribution in [1.82, 2.24) is 19.3 Å². The van der Waals surface area contributed by atoms with E-state index in [1.54, 1.807) is 6.33 Å². The van der Waals surface area contributed by atoms with Gasteiger partial charge < -0.3 is 14.5 Å². The fourth-order valence-corrected chi connectivity index (χ4v) is 2.18. The fraction of sp³-hybridized carbons (Fsp3) is 0.200. The molecule has 3 aromatic rings. The standard InChI is InChI=1S/C15H17N5/c1-19-7-6-12(10-19)9-16-14-5-3-4-13(8-14)15-18-17-11-20(15)2/h3-8,10-11,16H,9H2,1-2H3. The van der Waals surface area contributed by atoms with Gasteiger partial charge >= 0.3 is 0 Å². The minimum atomic E-state index is 0.809. The quantitative estimate of drug-likeness (QED) is 0.789. The van der Waals surface area contributed by atoms with Gasteiger partial charge in [-0.1, -0.05) is 12.1 Å². The highest BCUT2D eigenvalue weighted by Gasteiger charge is 2.05. The van der Waals surface area contributed by atoms with Gasteiger partial charge in [0.15, 0.2) is 5.82 Å². The molecule has 0 fully saturated rings. The molecule has 0 aliphatic rings. The Morgan fingerprint density at radius 1 is 1.20 bits per heavy atom. The Morgan fingerprint density at radius 2 is 2.10 bits per heavy atom. The predicted molar refractivity (Wildman–Crippen MR) is 79.2 cm³/mol. The summed E-state index contributed by atoms with van der Waals surface area (Å²) in [6.45, 7) is 0.809. The average Bonchev–Trinajstić information content (AvgIpc) is 3.05. The van der Waals surface area contributed by atoms with E-state index in [-0.39, 0.29) is 0 Å². The van der Waals surface area contributed by atoms with E-state index in [0.29, 0.717) is 0 Å². The minimum absolute atomic E-state index is 0.809. The van der Waals surface area contributed by atoms with Crippen LogP contribution in [0.15, 0.2) is 49.1 Å². The van der Waals surface area contributed by atoms with Crippen LogP contribution < -0.4 is 5.32 Å². The topological polar surface area (TPSA) is 47.7 Å². The largest absolute Gasteiger partial charge is 0.381 e. The summed E-state index contributed by atoms with van der Waals surface area (Å²) in [4.78, 5) is 0. The lowest BCUT2D eigenvalue weighted by molar-refractivity contribution is 0.919. The Bertz CT molecular complexity index is 710. The molecule has 0 radical (unpaired) electrons. The highest BCUT2D eigenvalue weighted by molar-refractivity contribution is 5.62. The molecule has 0 bridgehead atoms. The lowest BCUT2D eigenvalue weighted by Gasteiger charge is -2.07. The summed E-state index contributed by atoms with van der Waals surface area (Å²) < 4.78 is 3.96. The third kappa shape index (κ3) is 2.56. The zero-order valence-corrected chi connectivity index (χ0v) is 11.6. The predicted octanol–water partition coefficient (Wildman–Crippen LogP) is 2.43. The van der Waals surface area contributed by atoms with E-state index >= 15 is 0 Å². The number of hydrogen-bond acceptors (Lipinski definition) is 3. The summed E-state index contributed by atoms with van der Waals surface area (Å²) >= 11 is 0. The molecule has 102 valence electrons. The van der Waals surface area contributed by atoms with Crippen molar-refractivity contribution in [2.45, 2.75) is 6.54 Å². The van der Waals surface area contributed by atoms with Crippen LogP contribution in [0.1, 0.15) is 5.56 Å². The number of rotatable bonds is 4. The van der Waals surface area contributed by atoms with Gasteiger partial charge in [-0.2, -0.15) is 0 Å². The Labute approximate surface area is 117 Å². The molecule has 5 nitrogen and oxygen atoms in total. The van der Waals surface area contributed by atoms with Gasteiger partial charge in [-0.3, -0.25) is 0 Å². The van der Waals surface area contributed by atoms with Gasteiger partial charge in [-0.25, -0.2) is 0 Å². The SMILES string of the molecule is Cn1ccc(CNc2cccc(-c3nncn3C)c2)c1. The molecule has 3 rings (SSSR count). The molecule has 0 aliphatic heterocycles. The maximum absolute atomic E-state index is 4.13. The first kappa shape index (κ1) is 12.5. The van der Waals surface area contributed by atoms with E-state index in [0.717, 1.165) is 23.6 Å². The molecule has 20 heavy (non-hydrogen) atoms. The lowest BCUT2D eigenvalue weighted by atomic mass is 10.2. The molecular formula is C15H17N5. The minimum Gasteiger partial charge on any atom is -0.381 e. The van der Waals surface area contributed by atoms with Crippen LogP contribution in [-0.2, 0) is 20.6 Å². The van der Waals surface area contributed by atoms with Gasteiger partial charge in [0.1, 0.15) is 6.33 Å². The first-order valence-electron chi connectivity index (χ1n) is 6.51. The van der Waals surface area contributed by atoms with E-state index in [9.17, 15) is 0 Å². The smallest absolute Gasteiger partial charge is 0.163 e. The Hall–Kier alpha value is -2.56. The van der Waals surface area contributed by atoms with Gasteiger partial charge in [0.25, 0.3) is 0 Å². The molecular weight excluding hydrogens is 250 g/mol. The van der Waals surface area contributed by atoms with Crippen LogP contribution in [0.2, 0.25) is 0 Å². The average molecular weight is 267 g/mol. The molecule has 2 heterocycles. The summed E-state index contributed by atoms with van der Waals surface area (Å²) in [5.74, 6) is 0.869. The van der Waals surface area contributed by atoms with E-state index < -0.39 is 0 Å². The zero-order valence-electron chi connectivity index (χ0n) is 11.6. The first-order valence-corrected chi connectivity index (χ1v) is 6.51. The number of aromatic nitrogens is 4. The van der Waals surface area contributed by atoms with Crippen LogP contribution >= 0.6 is 0 Å². The van der Waals surface area contributed by atoms with Crippen LogP contribution in [0.25, 0.3) is 11.4 Å². The van der Waals surface area contributed by atoms with Crippen LogP contribution in [0.4, 0.5) is 5.69 Å². The molecule has 1 aromatic carbocycles. The monoisotopic (exact) mass is 267 g/mol. The first-order chi connectivity index (χ1) is 9.72. The van der Waals surface area contributed by atoms with E-state index in [1.807, 2.05) is 41.6 Å². The van der Waals surface area contributed by atoms with Crippen LogP contribution in [0.5, 0.6) is 0 Å². The van der Waals surface area contributed by atoms with Crippen molar-refractivity contribution < 1.29 is 0 Å². The maximum atomic E-state index is 4.13. The van der Waals surface area contributed by atoms with Gasteiger partial charge in [0, 0.05) is 44.3 Å². The summed E-state index contributed by atoms with van der Waals surface area (Å²) in [5, 5.41) is 11.5. The number of aryl methyl sites for hydroxylation is 2. The molecule has 0 atom stereocenters. The lowest BCUT2D eigenvalue weighted by Crippen LogP contribution is -1.99. The van der Waals surface area contributed by atoms with E-state index in [4.69, 9.17) is 0 Å². The van der Waals surface area contributed by atoms with Crippen molar-refractivity contribution in [3.8, 4) is 11.4 Å². The second-order valence-corrected chi connectivity index (χ2v) is 4.89. The Balaban J connectivity index is 1.76. The summed E-state index contributed by atoms with van der Waals surface area (Å²) in [7, 11) is 3.97. The van der Waals surface area contributed by atoms with Crippen LogP contribution in [-0.4, -0.2) is 19.3 Å². The number of anilines is 1. The molecule has 1 N–H and O–H groups in total. The Kier molecular flexibility index (Phi) is 3.25. The van der Waals surface area contributed by atoms with Crippen molar-refractivity contribution in [3.05, 3.63) is 54.6 Å². The van der Waals surface area contributed by atoms with Crippen molar-refractivity contribution in [1.29, 1.82) is 0 Å². The summed E-state index contributed by atoms with van der Waals surface area (Å²) in [6.07, 6.45) is 5.87. The fourth-order valence-electron chi connectivity index (χ4n) is 2.18. The third-order valence-electron chi connectivity index (χ3n) is 3.22. The third-order valence-corrected chi connectivity index (χ3v) is 3.22. The molecule has 0 amide bonds. The molecule has 0 saturated carbocycles. The number of hydrogen-bond donors (Lipinski definition) is 1. The second kappa shape index (κ2) is 5.21. The van der Waals surface area contributed by atoms with Crippen molar-refractivity contribution >= 4 is 5.69 Å². The summed E-state index contributed by atoms with van der Waals surface area (Å²) in [5.41, 5.74) is 3.40. The van der Waals surface area contributed by atoms with Gasteiger partial charge in [-0.05, 0) is 23.8 Å². The highest BCUT2D eigenvalue weighted by Crippen LogP contribution is 2.20. The molecule has 0 spiro atoms. The van der Waals surface area contributed by atoms with Gasteiger partial charge in [-0.15, -0.1) is 10.2 Å². The van der Waals surface area contributed by atoms with Crippen molar-refractivity contribution in [3.63, 3.8) is 0 Å². The molecule has 0 aliphatic carbocycles. The zero-order chi connectivity index (χ0) is 13.9. The highest BCUT2D eigenvalue weighted by atomic mass is 15.2. The summed E-state index contributed by atoms with van der Waals surface area (Å²) in [6, 6.07) is 10.3. The maximum Gasteiger partial charge on any atom is 0.163 e. The van der Waals surface area contributed by atoms with Crippen LogP contribution in [0.3, 0.4) is 0 Å². The molecule has 2 aromatic heterocycles. The molecule has 5 heteroatoms. The normalized spacial score (nSPS) is 10.7. The van der Waals surface area contributed by atoms with Crippen molar-refractivity contribution in [2.75, 3.05) is 5.32 Å². The van der Waals surface area contributed by atoms with Gasteiger partial charge in [0.2, 0.25) is 0 Å². The number of nitrogens with one attached hydrogen (secondary N) is 1. The number of benzene rings is 1. The molecule has 0 unspecified atom stereocenters.